The van der Waals surface area contributed by atoms with Crippen LogP contribution in [-0.2, 0) is 10.3 Å². The number of quaternary nitrogens is 1. The van der Waals surface area contributed by atoms with Crippen molar-refractivity contribution in [1.82, 2.24) is 10.3 Å². The third kappa shape index (κ3) is 8.10. The van der Waals surface area contributed by atoms with E-state index in [-0.39, 0.29) is 23.3 Å². The number of hydrogen-bond donors (Lipinski definition) is 5. The third-order valence-corrected chi connectivity index (χ3v) is 11.7. The number of aliphatic hydroxyl groups is 2. The highest BCUT2D eigenvalue weighted by Crippen LogP contribution is 2.42. The van der Waals surface area contributed by atoms with Gasteiger partial charge in [-0.25, -0.2) is 0 Å². The van der Waals surface area contributed by atoms with Crippen LogP contribution in [-0.4, -0.2) is 90.0 Å². The van der Waals surface area contributed by atoms with Crippen LogP contribution in [0.1, 0.15) is 55.8 Å². The quantitative estimate of drug-likeness (QED) is 0.0815. The number of pyridine rings is 1. The van der Waals surface area contributed by atoms with Gasteiger partial charge in [-0.2, -0.15) is 0 Å². The van der Waals surface area contributed by atoms with E-state index < -0.39 is 11.7 Å². The van der Waals surface area contributed by atoms with Crippen LogP contribution in [0.4, 0.5) is 0 Å². The minimum atomic E-state index is -0.929. The van der Waals surface area contributed by atoms with Gasteiger partial charge in [0, 0.05) is 43.3 Å². The van der Waals surface area contributed by atoms with E-state index in [1.807, 2.05) is 42.5 Å². The Labute approximate surface area is 299 Å². The molecular formula is C41H52N3O7+. The maximum absolute atomic E-state index is 12.0. The topological polar surface area (TPSA) is 133 Å². The SMILES string of the molecule is O=c1ccc2c([C@@H](O)CNCCOc3ccc(OCC[N+]45CCC(CC4)[C@@H](OCC(O)(c4ccccc4)C4CCCC4)C5)cc3)ccc(O)c2[nH]1. The van der Waals surface area contributed by atoms with Gasteiger partial charge in [0.15, 0.2) is 0 Å². The molecule has 1 unspecified atom stereocenters. The molecule has 0 spiro atoms. The van der Waals surface area contributed by atoms with Crippen LogP contribution in [0.3, 0.4) is 0 Å². The summed E-state index contributed by atoms with van der Waals surface area (Å²) >= 11 is 0. The molecule has 10 nitrogen and oxygen atoms in total. The number of hydrogen-bond acceptors (Lipinski definition) is 8. The van der Waals surface area contributed by atoms with E-state index in [4.69, 9.17) is 14.2 Å². The first-order chi connectivity index (χ1) is 24.8. The number of aromatic amines is 1. The van der Waals surface area contributed by atoms with Crippen molar-refractivity contribution in [1.29, 1.82) is 0 Å². The summed E-state index contributed by atoms with van der Waals surface area (Å²) in [5.74, 6) is 2.34. The van der Waals surface area contributed by atoms with Crippen LogP contribution in [0.2, 0.25) is 0 Å². The fraction of sp³-hybridized carbons (Fsp3) is 0.488. The average molecular weight is 699 g/mol. The van der Waals surface area contributed by atoms with Crippen molar-refractivity contribution in [2.24, 2.45) is 11.8 Å². The predicted octanol–water partition coefficient (Wildman–Crippen LogP) is 5.02. The zero-order chi connectivity index (χ0) is 35.3. The van der Waals surface area contributed by atoms with Crippen LogP contribution in [0.5, 0.6) is 17.2 Å². The number of fused-ring (bicyclic) bond motifs is 4. The van der Waals surface area contributed by atoms with Crippen molar-refractivity contribution in [3.63, 3.8) is 0 Å². The number of nitrogens with one attached hydrogen (secondary N) is 2. The molecule has 51 heavy (non-hydrogen) atoms. The normalized spacial score (nSPS) is 23.6. The highest BCUT2D eigenvalue weighted by atomic mass is 16.5. The minimum Gasteiger partial charge on any atom is -0.506 e. The first kappa shape index (κ1) is 35.5. The summed E-state index contributed by atoms with van der Waals surface area (Å²) in [5, 5.41) is 36.7. The summed E-state index contributed by atoms with van der Waals surface area (Å²) in [6.07, 6.45) is 6.14. The molecule has 2 bridgehead atoms. The predicted molar refractivity (Wildman–Crippen MR) is 196 cm³/mol. The second kappa shape index (κ2) is 15.8. The molecule has 4 fully saturated rings. The van der Waals surface area contributed by atoms with E-state index in [0.717, 1.165) is 73.4 Å². The molecule has 4 aromatic rings. The summed E-state index contributed by atoms with van der Waals surface area (Å²) in [6, 6.07) is 24.0. The molecule has 0 amide bonds. The van der Waals surface area contributed by atoms with E-state index in [1.54, 1.807) is 12.1 Å². The minimum absolute atomic E-state index is 0.0328. The molecular weight excluding hydrogens is 646 g/mol. The van der Waals surface area contributed by atoms with Crippen LogP contribution in [0, 0.1) is 11.8 Å². The monoisotopic (exact) mass is 698 g/mol. The van der Waals surface area contributed by atoms with Gasteiger partial charge in [-0.3, -0.25) is 4.79 Å². The Hall–Kier alpha value is -3.93. The van der Waals surface area contributed by atoms with E-state index in [0.29, 0.717) is 55.3 Å². The Kier molecular flexibility index (Phi) is 11.0. The van der Waals surface area contributed by atoms with Gasteiger partial charge in [0.1, 0.15) is 55.3 Å². The van der Waals surface area contributed by atoms with Gasteiger partial charge in [0.05, 0.1) is 31.3 Å². The number of benzene rings is 3. The lowest BCUT2D eigenvalue weighted by atomic mass is 9.80. The second-order valence-electron chi connectivity index (χ2n) is 14.8. The zero-order valence-corrected chi connectivity index (χ0v) is 29.3. The van der Waals surface area contributed by atoms with Crippen LogP contribution in [0.15, 0.2) is 83.7 Å². The first-order valence-corrected chi connectivity index (χ1v) is 18.7. The van der Waals surface area contributed by atoms with Gasteiger partial charge in [-0.1, -0.05) is 49.2 Å². The van der Waals surface area contributed by atoms with E-state index in [9.17, 15) is 20.1 Å². The Balaban J connectivity index is 0.841. The maximum Gasteiger partial charge on any atom is 0.248 e. The van der Waals surface area contributed by atoms with Crippen molar-refractivity contribution in [3.05, 3.63) is 100 Å². The molecule has 272 valence electrons. The molecule has 8 rings (SSSR count). The first-order valence-electron chi connectivity index (χ1n) is 18.7. The van der Waals surface area contributed by atoms with Crippen LogP contribution in [0.25, 0.3) is 10.9 Å². The van der Waals surface area contributed by atoms with Gasteiger partial charge in [-0.15, -0.1) is 0 Å². The lowest BCUT2D eigenvalue weighted by molar-refractivity contribution is -0.946. The number of rotatable bonds is 16. The maximum atomic E-state index is 12.0. The number of aromatic hydroxyl groups is 1. The fourth-order valence-corrected chi connectivity index (χ4v) is 8.65. The Morgan fingerprint density at radius 2 is 1.59 bits per heavy atom. The summed E-state index contributed by atoms with van der Waals surface area (Å²) in [4.78, 5) is 14.3. The molecule has 3 atom stereocenters. The molecule has 0 radical (unpaired) electrons. The summed E-state index contributed by atoms with van der Waals surface area (Å²) < 4.78 is 19.8. The summed E-state index contributed by atoms with van der Waals surface area (Å²) in [5.41, 5.74) is 0.684. The number of aromatic nitrogens is 1. The smallest absolute Gasteiger partial charge is 0.248 e. The van der Waals surface area contributed by atoms with Crippen molar-refractivity contribution < 1.29 is 34.0 Å². The molecule has 1 aliphatic carbocycles. The second-order valence-corrected chi connectivity index (χ2v) is 14.8. The Bertz CT molecular complexity index is 1790. The third-order valence-electron chi connectivity index (χ3n) is 11.7. The van der Waals surface area contributed by atoms with Gasteiger partial charge in [-0.05, 0) is 66.3 Å². The Morgan fingerprint density at radius 3 is 2.31 bits per heavy atom. The molecule has 3 saturated heterocycles. The van der Waals surface area contributed by atoms with Crippen molar-refractivity contribution in [2.75, 3.05) is 59.1 Å². The van der Waals surface area contributed by atoms with Crippen molar-refractivity contribution in [3.8, 4) is 17.2 Å². The summed E-state index contributed by atoms with van der Waals surface area (Å²) in [7, 11) is 0. The number of nitrogens with zero attached hydrogens (tertiary/aromatic N) is 1. The van der Waals surface area contributed by atoms with E-state index in [2.05, 4.69) is 22.4 Å². The number of piperidine rings is 3. The number of ether oxygens (including phenoxy) is 3. The van der Waals surface area contributed by atoms with Gasteiger partial charge in [0.2, 0.25) is 5.56 Å². The largest absolute Gasteiger partial charge is 0.506 e. The van der Waals surface area contributed by atoms with Gasteiger partial charge in [0.25, 0.3) is 0 Å². The zero-order valence-electron chi connectivity index (χ0n) is 29.3. The van der Waals surface area contributed by atoms with Crippen LogP contribution < -0.4 is 20.3 Å². The lowest BCUT2D eigenvalue weighted by Crippen LogP contribution is -2.65. The molecule has 4 aliphatic rings. The number of phenolic OH excluding ortho intramolecular Hbond substituents is 1. The Morgan fingerprint density at radius 1 is 0.882 bits per heavy atom. The van der Waals surface area contributed by atoms with Crippen molar-refractivity contribution >= 4 is 10.9 Å². The number of phenols is 1. The molecule has 1 saturated carbocycles. The molecule has 5 N–H and O–H groups in total. The van der Waals surface area contributed by atoms with Gasteiger partial charge >= 0.3 is 0 Å². The van der Waals surface area contributed by atoms with E-state index >= 15 is 0 Å². The van der Waals surface area contributed by atoms with Crippen molar-refractivity contribution in [2.45, 2.75) is 56.3 Å². The van der Waals surface area contributed by atoms with Gasteiger partial charge < -0.3 is 44.3 Å². The summed E-state index contributed by atoms with van der Waals surface area (Å²) in [6.45, 7) is 6.47. The molecule has 3 aromatic carbocycles. The molecule has 1 aromatic heterocycles. The number of H-pyrrole nitrogens is 1. The molecule has 4 heterocycles. The highest BCUT2D eigenvalue weighted by molar-refractivity contribution is 5.87. The fourth-order valence-electron chi connectivity index (χ4n) is 8.65. The highest BCUT2D eigenvalue weighted by Gasteiger charge is 2.48. The molecule has 3 aliphatic heterocycles. The number of aliphatic hydroxyl groups excluding tert-OH is 1. The lowest BCUT2D eigenvalue weighted by Gasteiger charge is -2.52. The standard InChI is InChI=1S/C41H51N3O7/c45-36-16-14-34(35-15-17-39(47)43-40(35)36)37(46)26-42-20-24-49-32-10-12-33(13-11-32)50-25-23-44-21-18-29(19-22-44)38(27-44)51-28-41(48,31-8-4-5-9-31)30-6-2-1-3-7-30/h1-3,6-7,10-17,29,31,37-38,42,46,48H,4-5,8-9,18-28H2,(H-,43,45,47)/p+1/t29?,37-,38-,41?,44?/m0/s1. The molecule has 10 heteroatoms. The van der Waals surface area contributed by atoms with Crippen LogP contribution >= 0.6 is 0 Å². The van der Waals surface area contributed by atoms with E-state index in [1.165, 1.54) is 25.0 Å². The average Bonchev–Trinajstić information content (AvgIpc) is 3.72.